The van der Waals surface area contributed by atoms with Gasteiger partial charge in [-0.1, -0.05) is 0 Å². The molecule has 2 aromatic rings. The van der Waals surface area contributed by atoms with Gasteiger partial charge in [-0.15, -0.1) is 0 Å². The number of likely N-dealkylation sites (tertiary alicyclic amines) is 1. The second-order valence-electron chi connectivity index (χ2n) is 14.5. The number of alkyl halides is 1. The number of carbonyl (C=O) groups is 4. The number of halogens is 1. The lowest BCUT2D eigenvalue weighted by molar-refractivity contribution is -0.142. The number of amides is 3. The average Bonchev–Trinajstić information content (AvgIpc) is 3.68. The molecule has 0 bridgehead atoms. The van der Waals surface area contributed by atoms with Gasteiger partial charge in [-0.25, -0.2) is 14.0 Å². The number of rotatable bonds is 9. The normalized spacial score (nSPS) is 27.3. The summed E-state index contributed by atoms with van der Waals surface area (Å²) in [4.78, 5) is 56.6. The lowest BCUT2D eigenvalue weighted by Gasteiger charge is -2.38. The van der Waals surface area contributed by atoms with Gasteiger partial charge in [0.1, 0.15) is 24.0 Å². The molecule has 258 valence electrons. The van der Waals surface area contributed by atoms with Crippen LogP contribution < -0.4 is 10.6 Å². The number of ether oxygens (including phenoxy) is 2. The molecule has 2 aliphatic carbocycles. The summed E-state index contributed by atoms with van der Waals surface area (Å²) in [6, 6.07) is 5.43. The van der Waals surface area contributed by atoms with Gasteiger partial charge in [0.05, 0.1) is 12.1 Å². The molecule has 3 atom stereocenters. The van der Waals surface area contributed by atoms with Crippen molar-refractivity contribution in [3.8, 4) is 0 Å². The number of benzene rings is 1. The van der Waals surface area contributed by atoms with E-state index in [0.29, 0.717) is 54.7 Å². The zero-order valence-electron chi connectivity index (χ0n) is 27.9. The van der Waals surface area contributed by atoms with Crippen molar-refractivity contribution in [1.82, 2.24) is 15.2 Å². The number of carboxylic acid groups (broad SMARTS) is 1. The summed E-state index contributed by atoms with van der Waals surface area (Å²) in [5.74, 6) is -1.43. The molecule has 2 heterocycles. The molecule has 11 nitrogen and oxygen atoms in total. The third kappa shape index (κ3) is 8.25. The van der Waals surface area contributed by atoms with E-state index in [2.05, 4.69) is 15.6 Å². The smallest absolute Gasteiger partial charge is 0.407 e. The van der Waals surface area contributed by atoms with Crippen LogP contribution >= 0.6 is 0 Å². The van der Waals surface area contributed by atoms with Gasteiger partial charge >= 0.3 is 12.1 Å². The Bertz CT molecular complexity index is 1440. The number of aromatic nitrogens is 1. The predicted molar refractivity (Wildman–Crippen MR) is 175 cm³/mol. The first-order valence-electron chi connectivity index (χ1n) is 16.9. The number of fused-ring (bicyclic) bond motifs is 1. The number of hydrogen-bond donors (Lipinski definition) is 4. The van der Waals surface area contributed by atoms with Gasteiger partial charge in [0.25, 0.3) is 0 Å². The fraction of sp³-hybridized carbons (Fsp3) is 0.657. The second kappa shape index (κ2) is 14.6. The van der Waals surface area contributed by atoms with Gasteiger partial charge in [0.2, 0.25) is 11.8 Å². The van der Waals surface area contributed by atoms with Gasteiger partial charge in [0, 0.05) is 36.2 Å². The van der Waals surface area contributed by atoms with E-state index in [9.17, 15) is 28.7 Å². The van der Waals surface area contributed by atoms with Crippen molar-refractivity contribution in [3.63, 3.8) is 0 Å². The van der Waals surface area contributed by atoms with Gasteiger partial charge in [-0.3, -0.25) is 9.59 Å². The van der Waals surface area contributed by atoms with Crippen LogP contribution in [-0.4, -0.2) is 83.0 Å². The van der Waals surface area contributed by atoms with E-state index in [1.165, 1.54) is 6.07 Å². The average molecular weight is 657 g/mol. The Hall–Kier alpha value is -3.67. The Balaban J connectivity index is 1.28. The topological polar surface area (TPSA) is 150 Å². The molecule has 2 saturated carbocycles. The van der Waals surface area contributed by atoms with Crippen molar-refractivity contribution in [3.05, 3.63) is 30.0 Å². The Morgan fingerprint density at radius 3 is 2.34 bits per heavy atom. The maximum Gasteiger partial charge on any atom is 0.407 e. The fourth-order valence-electron chi connectivity index (χ4n) is 7.93. The van der Waals surface area contributed by atoms with Crippen molar-refractivity contribution >= 4 is 40.5 Å². The molecular weight excluding hydrogens is 607 g/mol. The van der Waals surface area contributed by atoms with Crippen molar-refractivity contribution in [2.45, 2.75) is 102 Å². The maximum absolute atomic E-state index is 14.1. The number of nitrogens with one attached hydrogen (secondary N) is 3. The van der Waals surface area contributed by atoms with E-state index >= 15 is 0 Å². The highest BCUT2D eigenvalue weighted by atomic mass is 19.1. The number of carbonyl (C=O) groups excluding carboxylic acids is 3. The van der Waals surface area contributed by atoms with E-state index in [1.54, 1.807) is 51.0 Å². The van der Waals surface area contributed by atoms with E-state index in [0.717, 1.165) is 32.1 Å². The molecule has 1 aromatic heterocycles. The first-order chi connectivity index (χ1) is 22.4. The lowest BCUT2D eigenvalue weighted by atomic mass is 9.75. The van der Waals surface area contributed by atoms with Crippen molar-refractivity contribution in [1.29, 1.82) is 0 Å². The standard InChI is InChI=1S/C35H49FN4O7/c1-35(2,3)47-34(45)39-29(19-36)21-5-7-22(8-6-21)32(42)40-16-15-26(20-9-12-25(46-4)13-10-20)30(40)31(41)37-24-11-14-27-23(17-24)18-28(38-27)33(43)44/h11,14,17-18,20-22,25-26,29-30,38H,5-10,12-13,15-16,19H2,1-4H3,(H,37,41)(H,39,45)(H,43,44)/t20-,21-,22-,25-,26-,29-,30-/m0/s1. The van der Waals surface area contributed by atoms with Crippen LogP contribution in [0, 0.1) is 23.7 Å². The molecule has 1 aliphatic heterocycles. The lowest BCUT2D eigenvalue weighted by Crippen LogP contribution is -2.50. The Labute approximate surface area is 275 Å². The zero-order valence-corrected chi connectivity index (χ0v) is 27.9. The van der Waals surface area contributed by atoms with Gasteiger partial charge in [0.15, 0.2) is 0 Å². The summed E-state index contributed by atoms with van der Waals surface area (Å²) < 4.78 is 24.9. The molecule has 4 N–H and O–H groups in total. The van der Waals surface area contributed by atoms with E-state index in [1.807, 2.05) is 0 Å². The summed E-state index contributed by atoms with van der Waals surface area (Å²) in [7, 11) is 1.73. The highest BCUT2D eigenvalue weighted by Crippen LogP contribution is 2.42. The number of aromatic carboxylic acids is 1. The fourth-order valence-corrected chi connectivity index (χ4v) is 7.93. The highest BCUT2D eigenvalue weighted by molar-refractivity contribution is 6.00. The van der Waals surface area contributed by atoms with Crippen LogP contribution in [0.3, 0.4) is 0 Å². The molecular formula is C35H49FN4O7. The molecule has 0 unspecified atom stereocenters. The van der Waals surface area contributed by atoms with Crippen LogP contribution in [0.2, 0.25) is 0 Å². The minimum absolute atomic E-state index is 0.0108. The van der Waals surface area contributed by atoms with Gasteiger partial charge < -0.3 is 35.1 Å². The number of alkyl carbamates (subject to hydrolysis) is 1. The SMILES string of the molecule is CO[C@H]1CC[C@H]([C@@H]2CCN(C(=O)[C@H]3CC[C@H]([C@H](CF)NC(=O)OC(C)(C)C)CC3)[C@@H]2C(=O)Nc2ccc3[nH]c(C(=O)O)cc3c2)CC1. The van der Waals surface area contributed by atoms with Crippen LogP contribution in [0.25, 0.3) is 10.9 Å². The van der Waals surface area contributed by atoms with E-state index in [-0.39, 0.29) is 41.4 Å². The predicted octanol–water partition coefficient (Wildman–Crippen LogP) is 5.90. The van der Waals surface area contributed by atoms with Crippen LogP contribution in [0.15, 0.2) is 24.3 Å². The molecule has 12 heteroatoms. The van der Waals surface area contributed by atoms with Crippen LogP contribution in [-0.2, 0) is 19.1 Å². The first-order valence-corrected chi connectivity index (χ1v) is 16.9. The monoisotopic (exact) mass is 656 g/mol. The zero-order chi connectivity index (χ0) is 33.9. The minimum Gasteiger partial charge on any atom is -0.477 e. The second-order valence-corrected chi connectivity index (χ2v) is 14.5. The Kier molecular flexibility index (Phi) is 10.8. The summed E-state index contributed by atoms with van der Waals surface area (Å²) >= 11 is 0. The maximum atomic E-state index is 14.1. The molecule has 3 amide bonds. The molecule has 0 radical (unpaired) electrons. The van der Waals surface area contributed by atoms with Gasteiger partial charge in [-0.2, -0.15) is 0 Å². The molecule has 3 aliphatic rings. The van der Waals surface area contributed by atoms with Crippen LogP contribution in [0.1, 0.15) is 89.0 Å². The number of anilines is 1. The molecule has 3 fully saturated rings. The summed E-state index contributed by atoms with van der Waals surface area (Å²) in [5, 5.41) is 15.7. The quantitative estimate of drug-likeness (QED) is 0.263. The Morgan fingerprint density at radius 2 is 1.72 bits per heavy atom. The number of methoxy groups -OCH3 is 1. The van der Waals surface area contributed by atoms with Crippen molar-refractivity contribution in [2.24, 2.45) is 23.7 Å². The molecule has 1 aromatic carbocycles. The third-order valence-electron chi connectivity index (χ3n) is 10.3. The van der Waals surface area contributed by atoms with Crippen LogP contribution in [0.5, 0.6) is 0 Å². The van der Waals surface area contributed by atoms with Gasteiger partial charge in [-0.05, 0) is 121 Å². The summed E-state index contributed by atoms with van der Waals surface area (Å²) in [6.45, 7) is 5.05. The number of nitrogens with zero attached hydrogens (tertiary/aromatic N) is 1. The van der Waals surface area contributed by atoms with Crippen molar-refractivity contribution < 1.29 is 38.1 Å². The largest absolute Gasteiger partial charge is 0.477 e. The summed E-state index contributed by atoms with van der Waals surface area (Å²) in [5.41, 5.74) is 0.566. The van der Waals surface area contributed by atoms with Crippen molar-refractivity contribution in [2.75, 3.05) is 25.6 Å². The number of carboxylic acids is 1. The molecule has 5 rings (SSSR count). The molecule has 0 spiro atoms. The van der Waals surface area contributed by atoms with Crippen LogP contribution in [0.4, 0.5) is 14.9 Å². The van der Waals surface area contributed by atoms with E-state index in [4.69, 9.17) is 9.47 Å². The minimum atomic E-state index is -1.06. The molecule has 1 saturated heterocycles. The third-order valence-corrected chi connectivity index (χ3v) is 10.3. The highest BCUT2D eigenvalue weighted by Gasteiger charge is 2.47. The Morgan fingerprint density at radius 1 is 1.02 bits per heavy atom. The number of hydrogen-bond acceptors (Lipinski definition) is 6. The number of aromatic amines is 1. The molecule has 47 heavy (non-hydrogen) atoms. The van der Waals surface area contributed by atoms with E-state index < -0.39 is 36.4 Å². The summed E-state index contributed by atoms with van der Waals surface area (Å²) in [6.07, 6.45) is 6.31. The first kappa shape index (κ1) is 34.7. The number of H-pyrrole nitrogens is 1.